The van der Waals surface area contributed by atoms with Crippen LogP contribution in [0, 0.1) is 10.1 Å². The molecule has 166 valence electrons. The summed E-state index contributed by atoms with van der Waals surface area (Å²) in [7, 11) is 1.73. The molecule has 0 fully saturated rings. The molecule has 0 aliphatic carbocycles. The van der Waals surface area contributed by atoms with E-state index in [1.165, 1.54) is 31.5 Å². The quantitative estimate of drug-likeness (QED) is 0.233. The summed E-state index contributed by atoms with van der Waals surface area (Å²) in [5.74, 6) is -0.746. The minimum Gasteiger partial charge on any atom is -0.311 e. The number of anilines is 1. The SMILES string of the molecule is CC(=O)c1sc(NC(=O)c2ccc(Sc3nncn3C)c([N+](=O)[O-])c2)nc1-c1ccccc1. The van der Waals surface area contributed by atoms with Crippen LogP contribution < -0.4 is 5.32 Å². The van der Waals surface area contributed by atoms with Gasteiger partial charge in [-0.3, -0.25) is 25.0 Å². The summed E-state index contributed by atoms with van der Waals surface area (Å²) in [6.45, 7) is 1.43. The van der Waals surface area contributed by atoms with Gasteiger partial charge in [-0.2, -0.15) is 0 Å². The van der Waals surface area contributed by atoms with Crippen molar-refractivity contribution in [1.82, 2.24) is 19.7 Å². The number of hydrogen-bond donors (Lipinski definition) is 1. The molecule has 0 bridgehead atoms. The summed E-state index contributed by atoms with van der Waals surface area (Å²) in [6, 6.07) is 13.3. The van der Waals surface area contributed by atoms with Crippen molar-refractivity contribution >= 4 is 45.6 Å². The smallest absolute Gasteiger partial charge is 0.284 e. The molecule has 4 rings (SSSR count). The van der Waals surface area contributed by atoms with Gasteiger partial charge in [0.15, 0.2) is 16.1 Å². The van der Waals surface area contributed by atoms with Crippen molar-refractivity contribution in [3.05, 3.63) is 75.4 Å². The number of nitrogens with zero attached hydrogens (tertiary/aromatic N) is 5. The molecular formula is C21H16N6O4S2. The molecule has 0 spiro atoms. The van der Waals surface area contributed by atoms with Crippen LogP contribution in [0.5, 0.6) is 0 Å². The third-order valence-electron chi connectivity index (χ3n) is 4.50. The van der Waals surface area contributed by atoms with Gasteiger partial charge < -0.3 is 4.57 Å². The lowest BCUT2D eigenvalue weighted by Crippen LogP contribution is -2.12. The van der Waals surface area contributed by atoms with Crippen molar-refractivity contribution in [2.75, 3.05) is 5.32 Å². The number of benzene rings is 2. The topological polar surface area (TPSA) is 133 Å². The highest BCUT2D eigenvalue weighted by Crippen LogP contribution is 2.35. The van der Waals surface area contributed by atoms with Crippen molar-refractivity contribution in [2.45, 2.75) is 17.0 Å². The molecular weight excluding hydrogens is 464 g/mol. The normalized spacial score (nSPS) is 10.7. The monoisotopic (exact) mass is 480 g/mol. The Bertz CT molecular complexity index is 1370. The number of carbonyl (C=O) groups is 2. The standard InChI is InChI=1S/C21H16N6O4S2/c1-12(28)18-17(13-6-4-3-5-7-13)23-20(33-18)24-19(29)14-8-9-16(15(10-14)27(30)31)32-21-25-22-11-26(21)2/h3-11H,1-2H3,(H,23,24,29). The van der Waals surface area contributed by atoms with Crippen LogP contribution in [-0.4, -0.2) is 36.4 Å². The highest BCUT2D eigenvalue weighted by atomic mass is 32.2. The Labute approximate surface area is 195 Å². The van der Waals surface area contributed by atoms with E-state index in [1.807, 2.05) is 30.3 Å². The molecule has 0 aliphatic heterocycles. The maximum absolute atomic E-state index is 12.8. The molecule has 0 saturated carbocycles. The Morgan fingerprint density at radius 2 is 1.94 bits per heavy atom. The lowest BCUT2D eigenvalue weighted by atomic mass is 10.1. The molecule has 1 amide bonds. The zero-order valence-electron chi connectivity index (χ0n) is 17.4. The molecule has 2 aromatic heterocycles. The number of ketones is 1. The number of nitrogens with one attached hydrogen (secondary N) is 1. The second-order valence-corrected chi connectivity index (χ2v) is 8.85. The molecule has 4 aromatic rings. The fourth-order valence-electron chi connectivity index (χ4n) is 2.92. The molecule has 0 radical (unpaired) electrons. The summed E-state index contributed by atoms with van der Waals surface area (Å²) in [4.78, 5) is 41.1. The molecule has 2 aromatic carbocycles. The van der Waals surface area contributed by atoms with E-state index in [4.69, 9.17) is 0 Å². The maximum Gasteiger partial charge on any atom is 0.284 e. The van der Waals surface area contributed by atoms with Gasteiger partial charge in [-0.05, 0) is 23.9 Å². The zero-order chi connectivity index (χ0) is 23.5. The molecule has 0 atom stereocenters. The fourth-order valence-corrected chi connectivity index (χ4v) is 4.65. The van der Waals surface area contributed by atoms with Crippen LogP contribution in [0.2, 0.25) is 0 Å². The number of thiazole rings is 1. The molecule has 33 heavy (non-hydrogen) atoms. The zero-order valence-corrected chi connectivity index (χ0v) is 19.0. The molecule has 0 saturated heterocycles. The number of nitro groups is 1. The van der Waals surface area contributed by atoms with Crippen molar-refractivity contribution in [2.24, 2.45) is 7.05 Å². The second-order valence-electron chi connectivity index (χ2n) is 6.84. The second kappa shape index (κ2) is 9.30. The average molecular weight is 481 g/mol. The summed E-state index contributed by atoms with van der Waals surface area (Å²) in [6.07, 6.45) is 1.49. The van der Waals surface area contributed by atoms with Gasteiger partial charge >= 0.3 is 0 Å². The van der Waals surface area contributed by atoms with E-state index in [0.717, 1.165) is 28.7 Å². The van der Waals surface area contributed by atoms with Crippen LogP contribution in [0.1, 0.15) is 27.0 Å². The Morgan fingerprint density at radius 3 is 2.58 bits per heavy atom. The number of hydrogen-bond acceptors (Lipinski definition) is 9. The third kappa shape index (κ3) is 4.81. The minimum absolute atomic E-state index is 0.0878. The number of nitro benzene ring substituents is 1. The van der Waals surface area contributed by atoms with Crippen LogP contribution in [0.25, 0.3) is 11.3 Å². The molecule has 2 heterocycles. The number of Topliss-reactive ketones (excluding diaryl/α,β-unsaturated/α-hetero) is 1. The van der Waals surface area contributed by atoms with Gasteiger partial charge in [-0.25, -0.2) is 4.98 Å². The first-order chi connectivity index (χ1) is 15.8. The van der Waals surface area contributed by atoms with Gasteiger partial charge in [-0.15, -0.1) is 10.2 Å². The molecule has 1 N–H and O–H groups in total. The predicted octanol–water partition coefficient (Wildman–Crippen LogP) is 4.45. The summed E-state index contributed by atoms with van der Waals surface area (Å²) >= 11 is 2.13. The van der Waals surface area contributed by atoms with E-state index in [1.54, 1.807) is 11.6 Å². The van der Waals surface area contributed by atoms with Crippen molar-refractivity contribution < 1.29 is 14.5 Å². The Kier molecular flexibility index (Phi) is 6.29. The highest BCUT2D eigenvalue weighted by molar-refractivity contribution is 7.99. The van der Waals surface area contributed by atoms with Gasteiger partial charge in [0.25, 0.3) is 11.6 Å². The minimum atomic E-state index is -0.572. The molecule has 10 nitrogen and oxygen atoms in total. The van der Waals surface area contributed by atoms with E-state index in [9.17, 15) is 19.7 Å². The van der Waals surface area contributed by atoms with Crippen LogP contribution in [0.15, 0.2) is 64.9 Å². The van der Waals surface area contributed by atoms with Crippen molar-refractivity contribution in [3.8, 4) is 11.3 Å². The number of aromatic nitrogens is 4. The highest BCUT2D eigenvalue weighted by Gasteiger charge is 2.22. The van der Waals surface area contributed by atoms with Crippen LogP contribution in [-0.2, 0) is 7.05 Å². The summed E-state index contributed by atoms with van der Waals surface area (Å²) in [5, 5.41) is 22.6. The van der Waals surface area contributed by atoms with Gasteiger partial charge in [0.2, 0.25) is 0 Å². The molecule has 12 heteroatoms. The van der Waals surface area contributed by atoms with Crippen molar-refractivity contribution in [3.63, 3.8) is 0 Å². The number of rotatable bonds is 7. The fraction of sp³-hybridized carbons (Fsp3) is 0.0952. The summed E-state index contributed by atoms with van der Waals surface area (Å²) < 4.78 is 1.63. The van der Waals surface area contributed by atoms with Gasteiger partial charge in [-0.1, -0.05) is 41.7 Å². The number of aryl methyl sites for hydroxylation is 1. The molecule has 0 aliphatic rings. The Hall–Kier alpha value is -3.90. The maximum atomic E-state index is 12.8. The summed E-state index contributed by atoms with van der Waals surface area (Å²) in [5.41, 5.74) is 1.08. The van der Waals surface area contributed by atoms with Gasteiger partial charge in [0.05, 0.1) is 20.4 Å². The predicted molar refractivity (Wildman–Crippen MR) is 124 cm³/mol. The van der Waals surface area contributed by atoms with Crippen LogP contribution in [0.3, 0.4) is 0 Å². The largest absolute Gasteiger partial charge is 0.311 e. The van der Waals surface area contributed by atoms with Crippen LogP contribution in [0.4, 0.5) is 10.8 Å². The Morgan fingerprint density at radius 1 is 1.18 bits per heavy atom. The van der Waals surface area contributed by atoms with E-state index in [2.05, 4.69) is 20.5 Å². The third-order valence-corrected chi connectivity index (χ3v) is 6.69. The van der Waals surface area contributed by atoms with E-state index in [0.29, 0.717) is 20.6 Å². The van der Waals surface area contributed by atoms with E-state index >= 15 is 0 Å². The number of amides is 1. The number of carbonyl (C=O) groups excluding carboxylic acids is 2. The lowest BCUT2D eigenvalue weighted by molar-refractivity contribution is -0.387. The van der Waals surface area contributed by atoms with Crippen LogP contribution >= 0.6 is 23.1 Å². The first-order valence-electron chi connectivity index (χ1n) is 9.52. The first kappa shape index (κ1) is 22.3. The molecule has 0 unspecified atom stereocenters. The average Bonchev–Trinajstić information content (AvgIpc) is 3.40. The lowest BCUT2D eigenvalue weighted by Gasteiger charge is -2.05. The Balaban J connectivity index is 1.61. The van der Waals surface area contributed by atoms with Gasteiger partial charge in [0, 0.05) is 31.2 Å². The van der Waals surface area contributed by atoms with E-state index < -0.39 is 10.8 Å². The van der Waals surface area contributed by atoms with E-state index in [-0.39, 0.29) is 22.2 Å². The first-order valence-corrected chi connectivity index (χ1v) is 11.2. The van der Waals surface area contributed by atoms with Crippen molar-refractivity contribution in [1.29, 1.82) is 0 Å². The van der Waals surface area contributed by atoms with Gasteiger partial charge in [0.1, 0.15) is 6.33 Å².